The highest BCUT2D eigenvalue weighted by molar-refractivity contribution is 8.25. The lowest BCUT2D eigenvalue weighted by molar-refractivity contribution is -0.116. The van der Waals surface area contributed by atoms with Crippen molar-refractivity contribution in [1.82, 2.24) is 0 Å². The van der Waals surface area contributed by atoms with Crippen LogP contribution < -0.4 is 4.90 Å². The molecule has 2 rings (SSSR count). The Morgan fingerprint density at radius 1 is 1.47 bits per heavy atom. The van der Waals surface area contributed by atoms with Gasteiger partial charge < -0.3 is 5.11 Å². The first-order valence-electron chi connectivity index (χ1n) is 4.44. The Hall–Kier alpha value is -1.07. The third-order valence-electron chi connectivity index (χ3n) is 2.15. The summed E-state index contributed by atoms with van der Waals surface area (Å²) in [6.45, 7) is 1.80. The van der Waals surface area contributed by atoms with Gasteiger partial charge in [0.1, 0.15) is 10.1 Å². The highest BCUT2D eigenvalue weighted by Gasteiger charge is 2.35. The van der Waals surface area contributed by atoms with Gasteiger partial charge in [-0.25, -0.2) is 0 Å². The summed E-state index contributed by atoms with van der Waals surface area (Å²) >= 11 is 6.43. The van der Waals surface area contributed by atoms with Crippen LogP contribution in [0.15, 0.2) is 24.3 Å². The number of benzene rings is 1. The lowest BCUT2D eigenvalue weighted by Gasteiger charge is -2.16. The number of thioether (sulfide) groups is 1. The minimum atomic E-state index is -0.169. The van der Waals surface area contributed by atoms with Crippen LogP contribution in [0, 0.1) is 0 Å². The van der Waals surface area contributed by atoms with Crippen molar-refractivity contribution in [2.75, 3.05) is 4.90 Å². The second kappa shape index (κ2) is 3.83. The third kappa shape index (κ3) is 1.72. The molecule has 15 heavy (non-hydrogen) atoms. The van der Waals surface area contributed by atoms with E-state index in [1.165, 1.54) is 16.7 Å². The summed E-state index contributed by atoms with van der Waals surface area (Å²) in [5.74, 6) is -0.00519. The summed E-state index contributed by atoms with van der Waals surface area (Å²) in [6, 6.07) is 6.69. The molecule has 0 radical (unpaired) electrons. The first-order chi connectivity index (χ1) is 7.11. The van der Waals surface area contributed by atoms with E-state index in [1.54, 1.807) is 31.2 Å². The van der Waals surface area contributed by atoms with Crippen molar-refractivity contribution in [3.63, 3.8) is 0 Å². The van der Waals surface area contributed by atoms with Gasteiger partial charge in [0.25, 0.3) is 0 Å². The number of amides is 1. The van der Waals surface area contributed by atoms with Crippen LogP contribution in [-0.4, -0.2) is 20.6 Å². The standard InChI is InChI=1S/C10H9NO2S2/c1-6-9(13)11(10(14)15-6)7-4-2-3-5-8(7)12/h2-6,12H,1H3/t6-/m0/s1. The third-order valence-corrected chi connectivity index (χ3v) is 3.56. The predicted octanol–water partition coefficient (Wildman–Crippen LogP) is 2.15. The van der Waals surface area contributed by atoms with Crippen molar-refractivity contribution in [3.8, 4) is 5.75 Å². The molecule has 1 aromatic carbocycles. The molecule has 0 unspecified atom stereocenters. The van der Waals surface area contributed by atoms with Gasteiger partial charge in [0.05, 0.1) is 10.9 Å². The van der Waals surface area contributed by atoms with Crippen LogP contribution >= 0.6 is 24.0 Å². The summed E-state index contributed by atoms with van der Waals surface area (Å²) in [6.07, 6.45) is 0. The molecule has 1 atom stereocenters. The van der Waals surface area contributed by atoms with E-state index in [1.807, 2.05) is 0 Å². The fraction of sp³-hybridized carbons (Fsp3) is 0.200. The molecule has 1 saturated heterocycles. The van der Waals surface area contributed by atoms with Crippen molar-refractivity contribution in [1.29, 1.82) is 0 Å². The summed E-state index contributed by atoms with van der Waals surface area (Å²) in [5.41, 5.74) is 0.462. The van der Waals surface area contributed by atoms with Gasteiger partial charge in [-0.05, 0) is 19.1 Å². The second-order valence-corrected chi connectivity index (χ2v) is 5.16. The molecule has 1 N–H and O–H groups in total. The van der Waals surface area contributed by atoms with Crippen LogP contribution in [0.2, 0.25) is 0 Å². The monoisotopic (exact) mass is 239 g/mol. The van der Waals surface area contributed by atoms with Crippen LogP contribution in [0.25, 0.3) is 0 Å². The van der Waals surface area contributed by atoms with E-state index in [0.29, 0.717) is 10.0 Å². The number of phenolic OH excluding ortho intramolecular Hbond substituents is 1. The maximum absolute atomic E-state index is 11.8. The summed E-state index contributed by atoms with van der Waals surface area (Å²) in [5, 5.41) is 9.46. The Kier molecular flexibility index (Phi) is 2.67. The minimum Gasteiger partial charge on any atom is -0.506 e. The van der Waals surface area contributed by atoms with E-state index in [4.69, 9.17) is 12.2 Å². The first kappa shape index (κ1) is 10.4. The van der Waals surface area contributed by atoms with E-state index < -0.39 is 0 Å². The van der Waals surface area contributed by atoms with Crippen LogP contribution in [0.4, 0.5) is 5.69 Å². The SMILES string of the molecule is C[C@@H]1SC(=S)N(c2ccccc2O)C1=O. The number of thiocarbonyl (C=S) groups is 1. The van der Waals surface area contributed by atoms with Gasteiger partial charge in [-0.1, -0.05) is 36.1 Å². The largest absolute Gasteiger partial charge is 0.506 e. The predicted molar refractivity (Wildman–Crippen MR) is 65.2 cm³/mol. The normalized spacial score (nSPS) is 21.1. The van der Waals surface area contributed by atoms with Gasteiger partial charge in [0, 0.05) is 0 Å². The Morgan fingerprint density at radius 3 is 2.67 bits per heavy atom. The fourth-order valence-electron chi connectivity index (χ4n) is 1.40. The molecule has 3 nitrogen and oxygen atoms in total. The molecule has 0 bridgehead atoms. The molecular formula is C10H9NO2S2. The molecule has 1 fully saturated rings. The van der Waals surface area contributed by atoms with Crippen LogP contribution in [0.5, 0.6) is 5.75 Å². The van der Waals surface area contributed by atoms with E-state index in [9.17, 15) is 9.90 Å². The second-order valence-electron chi connectivity index (χ2n) is 3.19. The molecule has 78 valence electrons. The first-order valence-corrected chi connectivity index (χ1v) is 5.72. The number of hydrogen-bond acceptors (Lipinski definition) is 4. The number of rotatable bonds is 1. The van der Waals surface area contributed by atoms with Gasteiger partial charge in [-0.2, -0.15) is 0 Å². The Morgan fingerprint density at radius 2 is 2.13 bits per heavy atom. The molecule has 0 aliphatic carbocycles. The zero-order valence-electron chi connectivity index (χ0n) is 8.01. The lowest BCUT2D eigenvalue weighted by Crippen LogP contribution is -2.30. The molecule has 1 heterocycles. The molecule has 0 aromatic heterocycles. The number of carbonyl (C=O) groups excluding carboxylic acids is 1. The van der Waals surface area contributed by atoms with E-state index in [-0.39, 0.29) is 16.9 Å². The number of anilines is 1. The number of aromatic hydroxyl groups is 1. The minimum absolute atomic E-state index is 0.0721. The van der Waals surface area contributed by atoms with Gasteiger partial charge >= 0.3 is 0 Å². The summed E-state index contributed by atoms with van der Waals surface area (Å²) in [7, 11) is 0. The number of nitrogens with zero attached hydrogens (tertiary/aromatic N) is 1. The summed E-state index contributed by atoms with van der Waals surface area (Å²) < 4.78 is 0.494. The smallest absolute Gasteiger partial charge is 0.246 e. The molecular weight excluding hydrogens is 230 g/mol. The van der Waals surface area contributed by atoms with E-state index in [0.717, 1.165) is 0 Å². The molecule has 1 amide bonds. The highest BCUT2D eigenvalue weighted by atomic mass is 32.2. The Bertz CT molecular complexity index is 433. The molecule has 1 aromatic rings. The van der Waals surface area contributed by atoms with Crippen molar-refractivity contribution in [3.05, 3.63) is 24.3 Å². The van der Waals surface area contributed by atoms with Gasteiger partial charge in [-0.3, -0.25) is 9.69 Å². The van der Waals surface area contributed by atoms with E-state index in [2.05, 4.69) is 0 Å². The highest BCUT2D eigenvalue weighted by Crippen LogP contribution is 2.36. The Labute approximate surface area is 97.1 Å². The average molecular weight is 239 g/mol. The number of phenols is 1. The van der Waals surface area contributed by atoms with Crippen molar-refractivity contribution >= 4 is 39.9 Å². The van der Waals surface area contributed by atoms with Crippen molar-refractivity contribution in [2.45, 2.75) is 12.2 Å². The van der Waals surface area contributed by atoms with Crippen LogP contribution in [-0.2, 0) is 4.79 Å². The Balaban J connectivity index is 2.44. The quantitative estimate of drug-likeness (QED) is 0.762. The number of carbonyl (C=O) groups is 1. The maximum atomic E-state index is 11.8. The zero-order chi connectivity index (χ0) is 11.0. The number of para-hydroxylation sites is 2. The lowest BCUT2D eigenvalue weighted by atomic mass is 10.2. The van der Waals surface area contributed by atoms with E-state index >= 15 is 0 Å². The van der Waals surface area contributed by atoms with Gasteiger partial charge in [0.15, 0.2) is 0 Å². The topological polar surface area (TPSA) is 40.5 Å². The van der Waals surface area contributed by atoms with Crippen molar-refractivity contribution < 1.29 is 9.90 Å². The summed E-state index contributed by atoms with van der Waals surface area (Å²) in [4.78, 5) is 13.2. The molecule has 0 spiro atoms. The average Bonchev–Trinajstić information content (AvgIpc) is 2.43. The van der Waals surface area contributed by atoms with Crippen LogP contribution in [0.1, 0.15) is 6.92 Å². The molecule has 1 aliphatic heterocycles. The molecule has 0 saturated carbocycles. The van der Waals surface area contributed by atoms with Crippen molar-refractivity contribution in [2.24, 2.45) is 0 Å². The zero-order valence-corrected chi connectivity index (χ0v) is 9.64. The van der Waals surface area contributed by atoms with Gasteiger partial charge in [0.2, 0.25) is 5.91 Å². The molecule has 5 heteroatoms. The van der Waals surface area contributed by atoms with Gasteiger partial charge in [-0.15, -0.1) is 0 Å². The molecule has 1 aliphatic rings. The maximum Gasteiger partial charge on any atom is 0.246 e. The van der Waals surface area contributed by atoms with Crippen LogP contribution in [0.3, 0.4) is 0 Å². The number of hydrogen-bond donors (Lipinski definition) is 1. The fourth-order valence-corrected chi connectivity index (χ4v) is 2.82.